The zero-order valence-corrected chi connectivity index (χ0v) is 11.6. The topological polar surface area (TPSA) is 74.2 Å². The van der Waals surface area contributed by atoms with Gasteiger partial charge in [0.2, 0.25) is 11.7 Å². The van der Waals surface area contributed by atoms with E-state index in [0.29, 0.717) is 23.0 Å². The van der Waals surface area contributed by atoms with E-state index in [2.05, 4.69) is 15.1 Å². The largest absolute Gasteiger partial charge is 0.481 e. The molecule has 0 saturated heterocycles. The van der Waals surface area contributed by atoms with Crippen molar-refractivity contribution in [3.63, 3.8) is 0 Å². The molecule has 0 unspecified atom stereocenters. The summed E-state index contributed by atoms with van der Waals surface area (Å²) in [7, 11) is 0. The van der Waals surface area contributed by atoms with Crippen molar-refractivity contribution in [1.29, 1.82) is 0 Å². The Morgan fingerprint density at radius 2 is 2.10 bits per heavy atom. The van der Waals surface area contributed by atoms with Gasteiger partial charge in [-0.2, -0.15) is 4.98 Å². The summed E-state index contributed by atoms with van der Waals surface area (Å²) in [6, 6.07) is 5.53. The number of para-hydroxylation sites is 1. The molecule has 3 aromatic rings. The molecule has 0 N–H and O–H groups in total. The number of oxazole rings is 1. The third-order valence-electron chi connectivity index (χ3n) is 2.79. The quantitative estimate of drug-likeness (QED) is 0.730. The first-order valence-electron chi connectivity index (χ1n) is 6.32. The summed E-state index contributed by atoms with van der Waals surface area (Å²) in [6.07, 6.45) is 1.39. The van der Waals surface area contributed by atoms with E-state index < -0.39 is 0 Å². The van der Waals surface area contributed by atoms with Crippen molar-refractivity contribution in [2.45, 2.75) is 32.8 Å². The number of rotatable bonds is 3. The molecular weight excluding hydrogens is 258 g/mol. The Bertz CT molecular complexity index is 724. The molecule has 1 aromatic carbocycles. The van der Waals surface area contributed by atoms with Gasteiger partial charge in [0, 0.05) is 5.41 Å². The van der Waals surface area contributed by atoms with Crippen LogP contribution in [-0.2, 0) is 12.0 Å². The molecule has 6 heteroatoms. The lowest BCUT2D eigenvalue weighted by molar-refractivity contribution is 0.279. The SMILES string of the molecule is CC(C)(C)c1nc(COc2cccc3ncoc23)no1. The Kier molecular flexibility index (Phi) is 2.93. The molecule has 0 aliphatic rings. The van der Waals surface area contributed by atoms with Crippen molar-refractivity contribution in [2.24, 2.45) is 0 Å². The van der Waals surface area contributed by atoms with Crippen molar-refractivity contribution < 1.29 is 13.7 Å². The molecule has 3 rings (SSSR count). The fourth-order valence-electron chi connectivity index (χ4n) is 1.73. The first-order chi connectivity index (χ1) is 9.54. The molecule has 0 bridgehead atoms. The highest BCUT2D eigenvalue weighted by Gasteiger charge is 2.21. The van der Waals surface area contributed by atoms with Crippen LogP contribution in [0.4, 0.5) is 0 Å². The van der Waals surface area contributed by atoms with Crippen LogP contribution in [0, 0.1) is 0 Å². The van der Waals surface area contributed by atoms with E-state index >= 15 is 0 Å². The van der Waals surface area contributed by atoms with Crippen LogP contribution < -0.4 is 4.74 Å². The van der Waals surface area contributed by atoms with Gasteiger partial charge in [0.1, 0.15) is 5.52 Å². The van der Waals surface area contributed by atoms with Crippen molar-refractivity contribution in [1.82, 2.24) is 15.1 Å². The van der Waals surface area contributed by atoms with Gasteiger partial charge in [0.15, 0.2) is 24.3 Å². The molecule has 0 fully saturated rings. The summed E-state index contributed by atoms with van der Waals surface area (Å²) >= 11 is 0. The van der Waals surface area contributed by atoms with Crippen molar-refractivity contribution >= 4 is 11.1 Å². The second kappa shape index (κ2) is 4.63. The summed E-state index contributed by atoms with van der Waals surface area (Å²) in [4.78, 5) is 8.39. The Hall–Kier alpha value is -2.37. The van der Waals surface area contributed by atoms with E-state index in [1.54, 1.807) is 0 Å². The minimum atomic E-state index is -0.170. The first-order valence-corrected chi connectivity index (χ1v) is 6.32. The number of benzene rings is 1. The Morgan fingerprint density at radius 1 is 1.25 bits per heavy atom. The van der Waals surface area contributed by atoms with Gasteiger partial charge in [-0.05, 0) is 12.1 Å². The number of nitrogens with zero attached hydrogens (tertiary/aromatic N) is 3. The van der Waals surface area contributed by atoms with Gasteiger partial charge in [0.25, 0.3) is 0 Å². The van der Waals surface area contributed by atoms with E-state index in [4.69, 9.17) is 13.7 Å². The lowest BCUT2D eigenvalue weighted by atomic mass is 9.97. The monoisotopic (exact) mass is 273 g/mol. The maximum atomic E-state index is 5.67. The van der Waals surface area contributed by atoms with Crippen molar-refractivity contribution in [3.05, 3.63) is 36.3 Å². The molecule has 104 valence electrons. The predicted octanol–water partition coefficient (Wildman–Crippen LogP) is 3.09. The Balaban J connectivity index is 1.76. The van der Waals surface area contributed by atoms with Gasteiger partial charge >= 0.3 is 0 Å². The van der Waals surface area contributed by atoms with E-state index in [-0.39, 0.29) is 12.0 Å². The minimum absolute atomic E-state index is 0.170. The summed E-state index contributed by atoms with van der Waals surface area (Å²) in [5.74, 6) is 1.71. The molecule has 0 saturated carbocycles. The summed E-state index contributed by atoms with van der Waals surface area (Å²) in [5, 5.41) is 3.91. The Morgan fingerprint density at radius 3 is 2.85 bits per heavy atom. The van der Waals surface area contributed by atoms with E-state index in [1.165, 1.54) is 6.39 Å². The number of hydrogen-bond acceptors (Lipinski definition) is 6. The highest BCUT2D eigenvalue weighted by atomic mass is 16.5. The van der Waals surface area contributed by atoms with Crippen LogP contribution in [0.2, 0.25) is 0 Å². The molecule has 2 heterocycles. The van der Waals surface area contributed by atoms with Gasteiger partial charge < -0.3 is 13.7 Å². The van der Waals surface area contributed by atoms with Gasteiger partial charge in [-0.25, -0.2) is 4.98 Å². The number of hydrogen-bond donors (Lipinski definition) is 0. The second-order valence-electron chi connectivity index (χ2n) is 5.51. The van der Waals surface area contributed by atoms with Crippen LogP contribution >= 0.6 is 0 Å². The van der Waals surface area contributed by atoms with Gasteiger partial charge in [-0.1, -0.05) is 32.0 Å². The molecule has 0 radical (unpaired) electrons. The smallest absolute Gasteiger partial charge is 0.232 e. The molecule has 2 aromatic heterocycles. The molecule has 0 atom stereocenters. The van der Waals surface area contributed by atoms with Crippen LogP contribution in [0.3, 0.4) is 0 Å². The predicted molar refractivity (Wildman–Crippen MR) is 71.3 cm³/mol. The second-order valence-corrected chi connectivity index (χ2v) is 5.51. The zero-order chi connectivity index (χ0) is 14.2. The fraction of sp³-hybridized carbons (Fsp3) is 0.357. The summed E-state index contributed by atoms with van der Waals surface area (Å²) in [5.41, 5.74) is 1.20. The minimum Gasteiger partial charge on any atom is -0.481 e. The zero-order valence-electron chi connectivity index (χ0n) is 11.6. The van der Waals surface area contributed by atoms with Crippen LogP contribution in [0.15, 0.2) is 33.5 Å². The lowest BCUT2D eigenvalue weighted by Gasteiger charge is -2.10. The van der Waals surface area contributed by atoms with Gasteiger partial charge in [0.05, 0.1) is 0 Å². The van der Waals surface area contributed by atoms with E-state index in [0.717, 1.165) is 5.52 Å². The number of aromatic nitrogens is 3. The van der Waals surface area contributed by atoms with Gasteiger partial charge in [-0.15, -0.1) is 0 Å². The molecule has 0 spiro atoms. The van der Waals surface area contributed by atoms with Crippen LogP contribution in [-0.4, -0.2) is 15.1 Å². The van der Waals surface area contributed by atoms with Crippen LogP contribution in [0.1, 0.15) is 32.5 Å². The molecular formula is C14H15N3O3. The maximum absolute atomic E-state index is 5.67. The standard InChI is InChI=1S/C14H15N3O3/c1-14(2,3)13-16-11(17-20-13)7-18-10-6-4-5-9-12(10)19-8-15-9/h4-6,8H,7H2,1-3H3. The van der Waals surface area contributed by atoms with Crippen molar-refractivity contribution in [2.75, 3.05) is 0 Å². The highest BCUT2D eigenvalue weighted by molar-refractivity contribution is 5.78. The Labute approximate surface area is 115 Å². The normalized spacial score (nSPS) is 11.9. The lowest BCUT2D eigenvalue weighted by Crippen LogP contribution is -2.11. The van der Waals surface area contributed by atoms with Crippen molar-refractivity contribution in [3.8, 4) is 5.75 Å². The molecule has 20 heavy (non-hydrogen) atoms. The molecule has 0 aliphatic carbocycles. The summed E-state index contributed by atoms with van der Waals surface area (Å²) < 4.78 is 16.2. The van der Waals surface area contributed by atoms with E-state index in [1.807, 2.05) is 39.0 Å². The number of fused-ring (bicyclic) bond motifs is 1. The highest BCUT2D eigenvalue weighted by Crippen LogP contribution is 2.25. The van der Waals surface area contributed by atoms with Crippen LogP contribution in [0.25, 0.3) is 11.1 Å². The average molecular weight is 273 g/mol. The first kappa shape index (κ1) is 12.7. The number of ether oxygens (including phenoxy) is 1. The molecule has 0 aliphatic heterocycles. The third kappa shape index (κ3) is 2.36. The summed E-state index contributed by atoms with van der Waals surface area (Å²) in [6.45, 7) is 6.26. The molecule has 0 amide bonds. The fourth-order valence-corrected chi connectivity index (χ4v) is 1.73. The van der Waals surface area contributed by atoms with E-state index in [9.17, 15) is 0 Å². The van der Waals surface area contributed by atoms with Crippen LogP contribution in [0.5, 0.6) is 5.75 Å². The average Bonchev–Trinajstić information content (AvgIpc) is 3.04. The third-order valence-corrected chi connectivity index (χ3v) is 2.79. The maximum Gasteiger partial charge on any atom is 0.232 e. The van der Waals surface area contributed by atoms with Gasteiger partial charge in [-0.3, -0.25) is 0 Å². The molecule has 6 nitrogen and oxygen atoms in total.